The van der Waals surface area contributed by atoms with Crippen LogP contribution in [-0.4, -0.2) is 15.3 Å². The molecule has 5 heteroatoms. The van der Waals surface area contributed by atoms with Crippen LogP contribution in [0.15, 0.2) is 64.5 Å². The number of rotatable bonds is 3. The third-order valence-electron chi connectivity index (χ3n) is 6.48. The van der Waals surface area contributed by atoms with E-state index in [-0.39, 0.29) is 16.7 Å². The van der Waals surface area contributed by atoms with Gasteiger partial charge in [-0.1, -0.05) is 73.5 Å². The van der Waals surface area contributed by atoms with E-state index >= 15 is 0 Å². The normalized spacial score (nSPS) is 16.5. The second-order valence-corrected chi connectivity index (χ2v) is 9.16. The monoisotopic (exact) mass is 413 g/mol. The van der Waals surface area contributed by atoms with Crippen LogP contribution in [0.2, 0.25) is 0 Å². The van der Waals surface area contributed by atoms with E-state index in [1.165, 1.54) is 23.7 Å². The molecule has 2 aliphatic carbocycles. The van der Waals surface area contributed by atoms with Gasteiger partial charge in [-0.15, -0.1) is 0 Å². The number of nitriles is 1. The maximum absolute atomic E-state index is 14.1. The Labute approximate surface area is 180 Å². The van der Waals surface area contributed by atoms with E-state index in [0.717, 1.165) is 54.6 Å². The van der Waals surface area contributed by atoms with Crippen LogP contribution in [0, 0.1) is 11.3 Å². The number of fused-ring (bicyclic) bond motifs is 4. The lowest BCUT2D eigenvalue weighted by Crippen LogP contribution is -2.42. The van der Waals surface area contributed by atoms with Crippen LogP contribution >= 0.6 is 11.8 Å². The van der Waals surface area contributed by atoms with Gasteiger partial charge in [-0.05, 0) is 37.0 Å². The third kappa shape index (κ3) is 3.07. The fourth-order valence-electron chi connectivity index (χ4n) is 5.19. The van der Waals surface area contributed by atoms with Crippen molar-refractivity contribution < 1.29 is 0 Å². The highest BCUT2D eigenvalue weighted by atomic mass is 32.2. The van der Waals surface area contributed by atoms with Gasteiger partial charge in [0.2, 0.25) is 0 Å². The first-order valence-electron chi connectivity index (χ1n) is 10.5. The van der Waals surface area contributed by atoms with Crippen LogP contribution in [-0.2, 0) is 11.8 Å². The quantitative estimate of drug-likeness (QED) is 0.433. The summed E-state index contributed by atoms with van der Waals surface area (Å²) < 4.78 is 1.73. The van der Waals surface area contributed by atoms with Crippen molar-refractivity contribution in [1.29, 1.82) is 5.26 Å². The Balaban J connectivity index is 1.83. The standard InChI is InChI=1S/C25H23N3OS/c26-15-16-30-24-27-22-20-12-6-5-9-18(20)17-25(13-7-2-8-14-25)21(22)23(29)28(24)19-10-3-1-4-11-19/h1,3-6,9-12H,2,7-8,13-14,16-17H2. The van der Waals surface area contributed by atoms with E-state index in [1.54, 1.807) is 4.57 Å². The summed E-state index contributed by atoms with van der Waals surface area (Å²) in [6.07, 6.45) is 6.51. The molecule has 30 heavy (non-hydrogen) atoms. The minimum Gasteiger partial charge on any atom is -0.268 e. The Kier molecular flexibility index (Phi) is 4.96. The smallest absolute Gasteiger partial charge is 0.263 e. The van der Waals surface area contributed by atoms with Crippen molar-refractivity contribution in [3.05, 3.63) is 76.1 Å². The molecule has 1 spiro atoms. The Hall–Kier alpha value is -2.84. The highest BCUT2D eigenvalue weighted by Crippen LogP contribution is 2.48. The summed E-state index contributed by atoms with van der Waals surface area (Å²) in [6.45, 7) is 0. The second-order valence-electron chi connectivity index (χ2n) is 8.22. The third-order valence-corrected chi connectivity index (χ3v) is 7.28. The molecule has 0 atom stereocenters. The van der Waals surface area contributed by atoms with E-state index < -0.39 is 0 Å². The second kappa shape index (κ2) is 7.77. The van der Waals surface area contributed by atoms with E-state index in [2.05, 4.69) is 24.3 Å². The summed E-state index contributed by atoms with van der Waals surface area (Å²) in [7, 11) is 0. The van der Waals surface area contributed by atoms with Crippen LogP contribution in [0.3, 0.4) is 0 Å². The van der Waals surface area contributed by atoms with Crippen molar-refractivity contribution >= 4 is 11.8 Å². The molecule has 0 amide bonds. The Morgan fingerprint density at radius 3 is 2.53 bits per heavy atom. The fraction of sp³-hybridized carbons (Fsp3) is 0.320. The molecule has 0 unspecified atom stereocenters. The summed E-state index contributed by atoms with van der Waals surface area (Å²) in [5.74, 6) is 0.255. The van der Waals surface area contributed by atoms with Gasteiger partial charge in [0, 0.05) is 11.0 Å². The van der Waals surface area contributed by atoms with E-state index in [0.29, 0.717) is 5.16 Å². The fourth-order valence-corrected chi connectivity index (χ4v) is 5.85. The predicted molar refractivity (Wildman–Crippen MR) is 120 cm³/mol. The number of nitrogens with zero attached hydrogens (tertiary/aromatic N) is 3. The lowest BCUT2D eigenvalue weighted by molar-refractivity contribution is 0.283. The Morgan fingerprint density at radius 2 is 1.77 bits per heavy atom. The SMILES string of the molecule is N#CCSc1nc2c(c(=O)n1-c1ccccc1)C1(CCCCC1)Cc1ccccc1-2. The van der Waals surface area contributed by atoms with Gasteiger partial charge in [0.05, 0.1) is 28.8 Å². The van der Waals surface area contributed by atoms with Gasteiger partial charge in [-0.2, -0.15) is 5.26 Å². The van der Waals surface area contributed by atoms with Gasteiger partial charge < -0.3 is 0 Å². The molecule has 0 bridgehead atoms. The van der Waals surface area contributed by atoms with E-state index in [9.17, 15) is 4.79 Å². The number of aromatic nitrogens is 2. The summed E-state index contributed by atoms with van der Waals surface area (Å²) in [5, 5.41) is 9.76. The molecule has 1 heterocycles. The van der Waals surface area contributed by atoms with Gasteiger partial charge in [0.25, 0.3) is 5.56 Å². The van der Waals surface area contributed by atoms with Gasteiger partial charge in [0.15, 0.2) is 5.16 Å². The van der Waals surface area contributed by atoms with Crippen molar-refractivity contribution in [3.8, 4) is 23.0 Å². The van der Waals surface area contributed by atoms with Gasteiger partial charge in [-0.3, -0.25) is 9.36 Å². The van der Waals surface area contributed by atoms with Gasteiger partial charge in [0.1, 0.15) is 0 Å². The van der Waals surface area contributed by atoms with Crippen LogP contribution in [0.5, 0.6) is 0 Å². The number of para-hydroxylation sites is 1. The highest BCUT2D eigenvalue weighted by molar-refractivity contribution is 7.99. The van der Waals surface area contributed by atoms with E-state index in [1.807, 2.05) is 36.4 Å². The molecular formula is C25H23N3OS. The molecule has 0 saturated heterocycles. The molecule has 3 aromatic rings. The first-order chi connectivity index (χ1) is 14.7. The molecular weight excluding hydrogens is 390 g/mol. The molecule has 0 radical (unpaired) electrons. The largest absolute Gasteiger partial charge is 0.268 e. The Morgan fingerprint density at radius 1 is 1.03 bits per heavy atom. The minimum absolute atomic E-state index is 0.0306. The topological polar surface area (TPSA) is 58.7 Å². The minimum atomic E-state index is -0.138. The number of benzene rings is 2. The summed E-state index contributed by atoms with van der Waals surface area (Å²) in [6, 6.07) is 20.2. The first kappa shape index (κ1) is 19.1. The first-order valence-corrected chi connectivity index (χ1v) is 11.5. The molecule has 150 valence electrons. The lowest BCUT2D eigenvalue weighted by Gasteiger charge is -2.42. The molecule has 2 aromatic carbocycles. The molecule has 4 nitrogen and oxygen atoms in total. The molecule has 5 rings (SSSR count). The van der Waals surface area contributed by atoms with Crippen LogP contribution in [0.1, 0.15) is 43.2 Å². The molecule has 1 fully saturated rings. The van der Waals surface area contributed by atoms with Crippen LogP contribution < -0.4 is 5.56 Å². The van der Waals surface area contributed by atoms with Gasteiger partial charge >= 0.3 is 0 Å². The number of hydrogen-bond acceptors (Lipinski definition) is 4. The molecule has 1 saturated carbocycles. The average Bonchev–Trinajstić information content (AvgIpc) is 2.78. The summed E-state index contributed by atoms with van der Waals surface area (Å²) in [5.41, 5.74) is 4.77. The lowest BCUT2D eigenvalue weighted by atomic mass is 9.62. The van der Waals surface area contributed by atoms with Crippen molar-refractivity contribution in [2.24, 2.45) is 0 Å². The maximum Gasteiger partial charge on any atom is 0.263 e. The van der Waals surface area contributed by atoms with Crippen molar-refractivity contribution in [1.82, 2.24) is 9.55 Å². The van der Waals surface area contributed by atoms with Crippen molar-refractivity contribution in [3.63, 3.8) is 0 Å². The zero-order chi connectivity index (χ0) is 20.6. The highest BCUT2D eigenvalue weighted by Gasteiger charge is 2.43. The molecule has 1 aromatic heterocycles. The number of thioether (sulfide) groups is 1. The predicted octanol–water partition coefficient (Wildman–Crippen LogP) is 5.27. The van der Waals surface area contributed by atoms with Crippen LogP contribution in [0.4, 0.5) is 0 Å². The van der Waals surface area contributed by atoms with Crippen molar-refractivity contribution in [2.45, 2.75) is 49.1 Å². The summed E-state index contributed by atoms with van der Waals surface area (Å²) in [4.78, 5) is 19.2. The maximum atomic E-state index is 14.1. The van der Waals surface area contributed by atoms with Gasteiger partial charge in [-0.25, -0.2) is 4.98 Å². The summed E-state index contributed by atoms with van der Waals surface area (Å²) >= 11 is 1.33. The molecule has 2 aliphatic rings. The van der Waals surface area contributed by atoms with E-state index in [4.69, 9.17) is 10.2 Å². The Bertz CT molecular complexity index is 1190. The van der Waals surface area contributed by atoms with Crippen LogP contribution in [0.25, 0.3) is 16.9 Å². The average molecular weight is 414 g/mol. The molecule has 0 aliphatic heterocycles. The number of hydrogen-bond donors (Lipinski definition) is 0. The zero-order valence-electron chi connectivity index (χ0n) is 16.8. The molecule has 0 N–H and O–H groups in total. The zero-order valence-corrected chi connectivity index (χ0v) is 17.6. The van der Waals surface area contributed by atoms with Crippen molar-refractivity contribution in [2.75, 3.05) is 5.75 Å².